The number of nitrogens with one attached hydrogen (secondary N) is 1. The van der Waals surface area contributed by atoms with Gasteiger partial charge in [-0.3, -0.25) is 0 Å². The maximum atomic E-state index is 6.14. The predicted molar refractivity (Wildman–Crippen MR) is 80.4 cm³/mol. The van der Waals surface area contributed by atoms with E-state index in [1.807, 2.05) is 19.9 Å². The molecule has 0 aliphatic rings. The minimum atomic E-state index is 0.556. The van der Waals surface area contributed by atoms with Crippen molar-refractivity contribution in [2.75, 3.05) is 26.4 Å². The van der Waals surface area contributed by atoms with Crippen LogP contribution in [0.3, 0.4) is 0 Å². The highest BCUT2D eigenvalue weighted by Crippen LogP contribution is 2.32. The van der Waals surface area contributed by atoms with Crippen molar-refractivity contribution in [3.05, 3.63) is 27.7 Å². The first-order valence-electron chi connectivity index (χ1n) is 6.58. The van der Waals surface area contributed by atoms with Gasteiger partial charge in [-0.2, -0.15) is 0 Å². The summed E-state index contributed by atoms with van der Waals surface area (Å²) in [5, 5.41) is 4.52. The first kappa shape index (κ1) is 16.6. The molecule has 0 amide bonds. The van der Waals surface area contributed by atoms with Crippen LogP contribution in [0.2, 0.25) is 10.0 Å². The topological polar surface area (TPSA) is 30.5 Å². The maximum Gasteiger partial charge on any atom is 0.142 e. The summed E-state index contributed by atoms with van der Waals surface area (Å²) in [7, 11) is 0. The van der Waals surface area contributed by atoms with Crippen LogP contribution in [0.25, 0.3) is 0 Å². The molecule has 1 aromatic rings. The number of ether oxygens (including phenoxy) is 2. The van der Waals surface area contributed by atoms with Crippen molar-refractivity contribution in [1.82, 2.24) is 5.32 Å². The molecule has 3 nitrogen and oxygen atoms in total. The van der Waals surface area contributed by atoms with Crippen LogP contribution in [0, 0.1) is 0 Å². The van der Waals surface area contributed by atoms with E-state index in [4.69, 9.17) is 32.7 Å². The molecule has 0 bridgehead atoms. The molecule has 5 heteroatoms. The summed E-state index contributed by atoms with van der Waals surface area (Å²) in [6.07, 6.45) is 0.978. The van der Waals surface area contributed by atoms with Gasteiger partial charge in [-0.05, 0) is 38.9 Å². The molecule has 0 radical (unpaired) electrons. The fraction of sp³-hybridized carbons (Fsp3) is 0.571. The van der Waals surface area contributed by atoms with Gasteiger partial charge in [0.05, 0.1) is 11.6 Å². The summed E-state index contributed by atoms with van der Waals surface area (Å²) in [4.78, 5) is 0. The quantitative estimate of drug-likeness (QED) is 0.702. The normalized spacial score (nSPS) is 10.7. The summed E-state index contributed by atoms with van der Waals surface area (Å²) < 4.78 is 10.8. The van der Waals surface area contributed by atoms with Crippen LogP contribution < -0.4 is 10.1 Å². The second kappa shape index (κ2) is 9.43. The Labute approximate surface area is 125 Å². The number of benzene rings is 1. The third-order valence-electron chi connectivity index (χ3n) is 2.54. The summed E-state index contributed by atoms with van der Waals surface area (Å²) in [5.41, 5.74) is 0.982. The van der Waals surface area contributed by atoms with Gasteiger partial charge in [0.2, 0.25) is 0 Å². The summed E-state index contributed by atoms with van der Waals surface area (Å²) >= 11 is 12.2. The summed E-state index contributed by atoms with van der Waals surface area (Å²) in [6.45, 7) is 7.62. The Hall–Kier alpha value is -0.480. The number of hydrogen-bond donors (Lipinski definition) is 1. The van der Waals surface area contributed by atoms with Gasteiger partial charge in [0, 0.05) is 30.3 Å². The predicted octanol–water partition coefficient (Wildman–Crippen LogP) is 3.91. The van der Waals surface area contributed by atoms with Crippen LogP contribution in [-0.2, 0) is 11.3 Å². The molecule has 0 unspecified atom stereocenters. The highest BCUT2D eigenvalue weighted by atomic mass is 35.5. The average Bonchev–Trinajstić information content (AvgIpc) is 2.37. The van der Waals surface area contributed by atoms with Crippen molar-refractivity contribution in [3.8, 4) is 5.75 Å². The molecule has 0 spiro atoms. The Kier molecular flexibility index (Phi) is 8.22. The molecular formula is C14H21Cl2NO2. The van der Waals surface area contributed by atoms with Crippen LogP contribution in [0.5, 0.6) is 5.75 Å². The van der Waals surface area contributed by atoms with E-state index in [1.54, 1.807) is 6.07 Å². The lowest BCUT2D eigenvalue weighted by molar-refractivity contribution is 0.144. The Balaban J connectivity index is 2.51. The highest BCUT2D eigenvalue weighted by molar-refractivity contribution is 6.35. The Morgan fingerprint density at radius 3 is 2.63 bits per heavy atom. The lowest BCUT2D eigenvalue weighted by Gasteiger charge is -2.13. The van der Waals surface area contributed by atoms with Gasteiger partial charge in [0.1, 0.15) is 5.75 Å². The van der Waals surface area contributed by atoms with Crippen molar-refractivity contribution in [2.24, 2.45) is 0 Å². The fourth-order valence-corrected chi connectivity index (χ4v) is 2.31. The molecule has 0 heterocycles. The van der Waals surface area contributed by atoms with Crippen molar-refractivity contribution < 1.29 is 9.47 Å². The van der Waals surface area contributed by atoms with Gasteiger partial charge in [0.15, 0.2) is 0 Å². The average molecular weight is 306 g/mol. The minimum Gasteiger partial charge on any atom is -0.492 e. The first-order chi connectivity index (χ1) is 9.19. The molecule has 1 aromatic carbocycles. The lowest BCUT2D eigenvalue weighted by atomic mass is 10.2. The second-order valence-corrected chi connectivity index (χ2v) is 4.88. The molecule has 0 aliphatic carbocycles. The molecule has 0 aliphatic heterocycles. The monoisotopic (exact) mass is 305 g/mol. The summed E-state index contributed by atoms with van der Waals surface area (Å²) in [6, 6.07) is 3.58. The number of hydrogen-bond acceptors (Lipinski definition) is 3. The minimum absolute atomic E-state index is 0.556. The number of halogens is 2. The zero-order valence-electron chi connectivity index (χ0n) is 11.5. The Morgan fingerprint density at radius 2 is 1.95 bits per heavy atom. The van der Waals surface area contributed by atoms with Crippen LogP contribution in [0.1, 0.15) is 25.8 Å². The summed E-state index contributed by atoms with van der Waals surface area (Å²) in [5.74, 6) is 0.714. The van der Waals surface area contributed by atoms with Crippen molar-refractivity contribution in [1.29, 1.82) is 0 Å². The van der Waals surface area contributed by atoms with E-state index in [0.717, 1.165) is 31.7 Å². The van der Waals surface area contributed by atoms with E-state index < -0.39 is 0 Å². The van der Waals surface area contributed by atoms with E-state index in [-0.39, 0.29) is 0 Å². The SMILES string of the molecule is CCOCCCNCc1cc(Cl)cc(Cl)c1OCC. The second-order valence-electron chi connectivity index (χ2n) is 4.04. The van der Waals surface area contributed by atoms with Crippen LogP contribution >= 0.6 is 23.2 Å². The van der Waals surface area contributed by atoms with Crippen LogP contribution in [-0.4, -0.2) is 26.4 Å². The van der Waals surface area contributed by atoms with Crippen LogP contribution in [0.15, 0.2) is 12.1 Å². The van der Waals surface area contributed by atoms with Crippen molar-refractivity contribution >= 4 is 23.2 Å². The number of rotatable bonds is 9. The molecule has 1 N–H and O–H groups in total. The molecule has 108 valence electrons. The maximum absolute atomic E-state index is 6.14. The van der Waals surface area contributed by atoms with Gasteiger partial charge < -0.3 is 14.8 Å². The molecule has 0 fully saturated rings. The van der Waals surface area contributed by atoms with E-state index in [1.165, 1.54) is 0 Å². The van der Waals surface area contributed by atoms with E-state index >= 15 is 0 Å². The van der Waals surface area contributed by atoms with E-state index in [9.17, 15) is 0 Å². The largest absolute Gasteiger partial charge is 0.492 e. The molecule has 19 heavy (non-hydrogen) atoms. The fourth-order valence-electron chi connectivity index (χ4n) is 1.72. The van der Waals surface area contributed by atoms with Gasteiger partial charge in [0.25, 0.3) is 0 Å². The third-order valence-corrected chi connectivity index (χ3v) is 3.03. The van der Waals surface area contributed by atoms with Gasteiger partial charge in [-0.1, -0.05) is 23.2 Å². The zero-order chi connectivity index (χ0) is 14.1. The first-order valence-corrected chi connectivity index (χ1v) is 7.33. The van der Waals surface area contributed by atoms with Gasteiger partial charge in [-0.25, -0.2) is 0 Å². The lowest BCUT2D eigenvalue weighted by Crippen LogP contribution is -2.17. The Morgan fingerprint density at radius 1 is 1.16 bits per heavy atom. The Bertz CT molecular complexity index is 386. The zero-order valence-corrected chi connectivity index (χ0v) is 13.0. The molecule has 0 saturated heterocycles. The van der Waals surface area contributed by atoms with E-state index in [2.05, 4.69) is 5.32 Å². The third kappa shape index (κ3) is 6.00. The molecule has 0 saturated carbocycles. The van der Waals surface area contributed by atoms with Crippen molar-refractivity contribution in [3.63, 3.8) is 0 Å². The smallest absolute Gasteiger partial charge is 0.142 e. The van der Waals surface area contributed by atoms with E-state index in [0.29, 0.717) is 28.9 Å². The van der Waals surface area contributed by atoms with Crippen molar-refractivity contribution in [2.45, 2.75) is 26.8 Å². The molecular weight excluding hydrogens is 285 g/mol. The van der Waals surface area contributed by atoms with Gasteiger partial charge >= 0.3 is 0 Å². The van der Waals surface area contributed by atoms with Crippen LogP contribution in [0.4, 0.5) is 0 Å². The molecule has 1 rings (SSSR count). The standard InChI is InChI=1S/C14H21Cl2NO2/c1-3-18-7-5-6-17-10-11-8-12(15)9-13(16)14(11)19-4-2/h8-9,17H,3-7,10H2,1-2H3. The molecule has 0 aromatic heterocycles. The molecule has 0 atom stereocenters. The highest BCUT2D eigenvalue weighted by Gasteiger charge is 2.10. The van der Waals surface area contributed by atoms with Gasteiger partial charge in [-0.15, -0.1) is 0 Å².